The minimum Gasteiger partial charge on any atom is -0.373 e. The molecule has 1 amide bonds. The van der Waals surface area contributed by atoms with E-state index in [0.29, 0.717) is 0 Å². The maximum absolute atomic E-state index is 11.7. The summed E-state index contributed by atoms with van der Waals surface area (Å²) in [5.74, 6) is 1.18. The van der Waals surface area contributed by atoms with E-state index in [9.17, 15) is 4.79 Å². The molecule has 5 heteroatoms. The van der Waals surface area contributed by atoms with Gasteiger partial charge in [0.1, 0.15) is 5.82 Å². The van der Waals surface area contributed by atoms with E-state index in [4.69, 9.17) is 0 Å². The van der Waals surface area contributed by atoms with Crippen molar-refractivity contribution >= 4 is 11.7 Å². The maximum Gasteiger partial charge on any atom is 0.224 e. The van der Waals surface area contributed by atoms with Crippen molar-refractivity contribution in [1.82, 2.24) is 15.2 Å². The van der Waals surface area contributed by atoms with Crippen LogP contribution in [0.2, 0.25) is 0 Å². The van der Waals surface area contributed by atoms with E-state index in [-0.39, 0.29) is 11.8 Å². The van der Waals surface area contributed by atoms with Gasteiger partial charge in [0.05, 0.1) is 5.92 Å². The number of aromatic nitrogens is 1. The Kier molecular flexibility index (Phi) is 4.74. The Hall–Kier alpha value is -1.62. The molecular weight excluding hydrogens is 240 g/mol. The number of carbonyl (C=O) groups excluding carboxylic acids is 1. The standard InChI is InChI=1S/C14H22N4O/c1-15-13-8-11(5-6-17-13)9-18-7-3-4-12(10-18)14(19)16-2/h5-6,8,12H,3-4,7,9-10H2,1-2H3,(H,15,17)(H,16,19). The Bertz CT molecular complexity index is 435. The number of nitrogens with zero attached hydrogens (tertiary/aromatic N) is 2. The van der Waals surface area contributed by atoms with Crippen LogP contribution in [0.1, 0.15) is 18.4 Å². The molecule has 0 aromatic carbocycles. The van der Waals surface area contributed by atoms with Gasteiger partial charge in [-0.25, -0.2) is 4.98 Å². The predicted molar refractivity (Wildman–Crippen MR) is 75.9 cm³/mol. The molecule has 0 saturated carbocycles. The van der Waals surface area contributed by atoms with Gasteiger partial charge in [-0.3, -0.25) is 9.69 Å². The number of hydrogen-bond donors (Lipinski definition) is 2. The molecule has 1 aromatic rings. The summed E-state index contributed by atoms with van der Waals surface area (Å²) in [5, 5.41) is 5.80. The van der Waals surface area contributed by atoms with Gasteiger partial charge in [-0.2, -0.15) is 0 Å². The largest absolute Gasteiger partial charge is 0.373 e. The van der Waals surface area contributed by atoms with Crippen LogP contribution in [-0.4, -0.2) is 43.0 Å². The predicted octanol–water partition coefficient (Wildman–Crippen LogP) is 1.08. The molecule has 2 N–H and O–H groups in total. The molecule has 1 aromatic heterocycles. The van der Waals surface area contributed by atoms with Crippen LogP contribution in [-0.2, 0) is 11.3 Å². The maximum atomic E-state index is 11.7. The van der Waals surface area contributed by atoms with E-state index in [1.807, 2.05) is 19.3 Å². The molecule has 19 heavy (non-hydrogen) atoms. The first-order valence-electron chi connectivity index (χ1n) is 6.79. The lowest BCUT2D eigenvalue weighted by molar-refractivity contribution is -0.126. The van der Waals surface area contributed by atoms with Gasteiger partial charge >= 0.3 is 0 Å². The molecule has 0 aliphatic carbocycles. The van der Waals surface area contributed by atoms with E-state index >= 15 is 0 Å². The lowest BCUT2D eigenvalue weighted by Crippen LogP contribution is -2.41. The zero-order valence-corrected chi connectivity index (χ0v) is 11.6. The number of nitrogens with one attached hydrogen (secondary N) is 2. The summed E-state index contributed by atoms with van der Waals surface area (Å²) in [6.45, 7) is 2.78. The molecule has 2 rings (SSSR count). The van der Waals surface area contributed by atoms with Crippen LogP contribution in [0.5, 0.6) is 0 Å². The fourth-order valence-corrected chi connectivity index (χ4v) is 2.58. The molecule has 2 heterocycles. The molecule has 0 spiro atoms. The van der Waals surface area contributed by atoms with E-state index < -0.39 is 0 Å². The van der Waals surface area contributed by atoms with Crippen molar-refractivity contribution in [1.29, 1.82) is 0 Å². The van der Waals surface area contributed by atoms with Gasteiger partial charge in [0.2, 0.25) is 5.91 Å². The Balaban J connectivity index is 1.96. The van der Waals surface area contributed by atoms with Crippen molar-refractivity contribution in [3.63, 3.8) is 0 Å². The molecule has 0 radical (unpaired) electrons. The first-order valence-corrected chi connectivity index (χ1v) is 6.79. The molecule has 1 atom stereocenters. The van der Waals surface area contributed by atoms with Crippen molar-refractivity contribution in [2.75, 3.05) is 32.5 Å². The average molecular weight is 262 g/mol. The summed E-state index contributed by atoms with van der Waals surface area (Å²) in [6, 6.07) is 4.09. The zero-order valence-electron chi connectivity index (χ0n) is 11.6. The van der Waals surface area contributed by atoms with E-state index in [2.05, 4.69) is 26.6 Å². The van der Waals surface area contributed by atoms with Crippen molar-refractivity contribution < 1.29 is 4.79 Å². The van der Waals surface area contributed by atoms with Crippen LogP contribution < -0.4 is 10.6 Å². The van der Waals surface area contributed by atoms with E-state index in [1.54, 1.807) is 7.05 Å². The molecule has 1 unspecified atom stereocenters. The van der Waals surface area contributed by atoms with E-state index in [1.165, 1.54) is 5.56 Å². The second kappa shape index (κ2) is 6.52. The van der Waals surface area contributed by atoms with Crippen LogP contribution in [0.3, 0.4) is 0 Å². The van der Waals surface area contributed by atoms with Crippen molar-refractivity contribution in [3.8, 4) is 0 Å². The van der Waals surface area contributed by atoms with Crippen LogP contribution in [0.15, 0.2) is 18.3 Å². The molecule has 1 aliphatic heterocycles. The number of rotatable bonds is 4. The highest BCUT2D eigenvalue weighted by Gasteiger charge is 2.24. The molecule has 104 valence electrons. The van der Waals surface area contributed by atoms with Crippen LogP contribution >= 0.6 is 0 Å². The Labute approximate surface area is 114 Å². The Morgan fingerprint density at radius 1 is 1.53 bits per heavy atom. The first-order chi connectivity index (χ1) is 9.22. The molecule has 0 bridgehead atoms. The van der Waals surface area contributed by atoms with E-state index in [0.717, 1.165) is 38.3 Å². The fraction of sp³-hybridized carbons (Fsp3) is 0.571. The number of amides is 1. The first kappa shape index (κ1) is 13.8. The summed E-state index contributed by atoms with van der Waals surface area (Å²) in [6.07, 6.45) is 3.90. The molecule has 1 saturated heterocycles. The third-order valence-electron chi connectivity index (χ3n) is 3.61. The highest BCUT2D eigenvalue weighted by Crippen LogP contribution is 2.19. The monoisotopic (exact) mass is 262 g/mol. The lowest BCUT2D eigenvalue weighted by atomic mass is 9.97. The fourth-order valence-electron chi connectivity index (χ4n) is 2.58. The number of pyridine rings is 1. The summed E-state index contributed by atoms with van der Waals surface area (Å²) in [7, 11) is 3.58. The Morgan fingerprint density at radius 3 is 3.11 bits per heavy atom. The minimum absolute atomic E-state index is 0.129. The van der Waals surface area contributed by atoms with Crippen molar-refractivity contribution in [2.24, 2.45) is 5.92 Å². The Morgan fingerprint density at radius 2 is 2.37 bits per heavy atom. The average Bonchev–Trinajstić information content (AvgIpc) is 2.47. The van der Waals surface area contributed by atoms with Gasteiger partial charge in [-0.15, -0.1) is 0 Å². The number of piperidine rings is 1. The second-order valence-electron chi connectivity index (χ2n) is 4.99. The summed E-state index contributed by atoms with van der Waals surface area (Å²) < 4.78 is 0. The van der Waals surface area contributed by atoms with Gasteiger partial charge in [0.25, 0.3) is 0 Å². The quantitative estimate of drug-likeness (QED) is 0.852. The topological polar surface area (TPSA) is 57.3 Å². The molecular formula is C14H22N4O. The highest BCUT2D eigenvalue weighted by molar-refractivity contribution is 5.78. The third-order valence-corrected chi connectivity index (χ3v) is 3.61. The molecule has 5 nitrogen and oxygen atoms in total. The van der Waals surface area contributed by atoms with Gasteiger partial charge in [-0.05, 0) is 37.1 Å². The van der Waals surface area contributed by atoms with Crippen LogP contribution in [0.25, 0.3) is 0 Å². The van der Waals surface area contributed by atoms with Crippen molar-refractivity contribution in [3.05, 3.63) is 23.9 Å². The van der Waals surface area contributed by atoms with Gasteiger partial charge in [-0.1, -0.05) is 0 Å². The number of carbonyl (C=O) groups is 1. The summed E-state index contributed by atoms with van der Waals surface area (Å²) in [5.41, 5.74) is 1.23. The number of anilines is 1. The van der Waals surface area contributed by atoms with Gasteiger partial charge in [0, 0.05) is 33.4 Å². The molecule has 1 aliphatic rings. The second-order valence-corrected chi connectivity index (χ2v) is 4.99. The lowest BCUT2D eigenvalue weighted by Gasteiger charge is -2.31. The highest BCUT2D eigenvalue weighted by atomic mass is 16.1. The zero-order chi connectivity index (χ0) is 13.7. The minimum atomic E-state index is 0.129. The van der Waals surface area contributed by atoms with Crippen molar-refractivity contribution in [2.45, 2.75) is 19.4 Å². The third kappa shape index (κ3) is 3.67. The van der Waals surface area contributed by atoms with Crippen LogP contribution in [0.4, 0.5) is 5.82 Å². The van der Waals surface area contributed by atoms with Crippen LogP contribution in [0, 0.1) is 5.92 Å². The number of hydrogen-bond acceptors (Lipinski definition) is 4. The normalized spacial score (nSPS) is 20.0. The smallest absolute Gasteiger partial charge is 0.224 e. The summed E-state index contributed by atoms with van der Waals surface area (Å²) in [4.78, 5) is 18.3. The van der Waals surface area contributed by atoms with Gasteiger partial charge in [0.15, 0.2) is 0 Å². The SMILES string of the molecule is CNC(=O)C1CCCN(Cc2ccnc(NC)c2)C1. The summed E-state index contributed by atoms with van der Waals surface area (Å²) >= 11 is 0. The number of likely N-dealkylation sites (tertiary alicyclic amines) is 1. The molecule has 1 fully saturated rings. The van der Waals surface area contributed by atoms with Gasteiger partial charge < -0.3 is 10.6 Å².